The molecule has 3 aromatic rings. The third kappa shape index (κ3) is 5.01. The van der Waals surface area contributed by atoms with E-state index in [0.29, 0.717) is 23.0 Å². The lowest BCUT2D eigenvalue weighted by molar-refractivity contribution is -0.115. The molecule has 0 aliphatic rings. The lowest BCUT2D eigenvalue weighted by Crippen LogP contribution is -2.15. The summed E-state index contributed by atoms with van der Waals surface area (Å²) in [6, 6.07) is 8.82. The van der Waals surface area contributed by atoms with E-state index in [9.17, 15) is 9.59 Å². The van der Waals surface area contributed by atoms with Crippen molar-refractivity contribution >= 4 is 34.7 Å². The van der Waals surface area contributed by atoms with Gasteiger partial charge in [-0.25, -0.2) is 4.98 Å². The molecule has 0 aliphatic heterocycles. The molecular formula is C19H20N4O3S. The van der Waals surface area contributed by atoms with E-state index in [4.69, 9.17) is 4.52 Å². The molecule has 2 amide bonds. The average Bonchev–Trinajstić information content (AvgIpc) is 3.27. The van der Waals surface area contributed by atoms with Crippen molar-refractivity contribution in [2.75, 3.05) is 10.6 Å². The number of aromatic nitrogens is 2. The van der Waals surface area contributed by atoms with Crippen molar-refractivity contribution in [3.05, 3.63) is 58.2 Å². The number of carbonyl (C=O) groups excluding carboxylic acids is 2. The number of nitrogens with zero attached hydrogens (tertiary/aromatic N) is 2. The van der Waals surface area contributed by atoms with Crippen LogP contribution in [0.25, 0.3) is 0 Å². The van der Waals surface area contributed by atoms with E-state index in [1.165, 1.54) is 11.3 Å². The zero-order valence-corrected chi connectivity index (χ0v) is 16.1. The standard InChI is InChI=1S/C19H20N4O3S/c1-19(2,3)15-9-16(23-26-15)22-17(24)8-12-4-6-13(7-5-12)21-18(25)14-10-27-11-20-14/h4-7,9-11H,8H2,1-3H3,(H,21,25)(H,22,23,24). The van der Waals surface area contributed by atoms with E-state index < -0.39 is 0 Å². The van der Waals surface area contributed by atoms with Gasteiger partial charge in [-0.05, 0) is 17.7 Å². The van der Waals surface area contributed by atoms with Gasteiger partial charge in [0.25, 0.3) is 5.91 Å². The minimum absolute atomic E-state index is 0.172. The highest BCUT2D eigenvalue weighted by Crippen LogP contribution is 2.24. The lowest BCUT2D eigenvalue weighted by Gasteiger charge is -2.12. The van der Waals surface area contributed by atoms with E-state index in [2.05, 4.69) is 20.8 Å². The maximum absolute atomic E-state index is 12.2. The van der Waals surface area contributed by atoms with Crippen LogP contribution in [0.4, 0.5) is 11.5 Å². The van der Waals surface area contributed by atoms with E-state index in [1.54, 1.807) is 41.2 Å². The third-order valence-electron chi connectivity index (χ3n) is 3.76. The number of carbonyl (C=O) groups is 2. The van der Waals surface area contributed by atoms with Crippen molar-refractivity contribution in [2.24, 2.45) is 0 Å². The van der Waals surface area contributed by atoms with Gasteiger partial charge >= 0.3 is 0 Å². The monoisotopic (exact) mass is 384 g/mol. The Kier molecular flexibility index (Phi) is 5.36. The number of benzene rings is 1. The summed E-state index contributed by atoms with van der Waals surface area (Å²) in [6.45, 7) is 6.02. The third-order valence-corrected chi connectivity index (χ3v) is 4.34. The van der Waals surface area contributed by atoms with Crippen molar-refractivity contribution in [1.29, 1.82) is 0 Å². The van der Waals surface area contributed by atoms with Gasteiger partial charge in [-0.15, -0.1) is 11.3 Å². The van der Waals surface area contributed by atoms with Gasteiger partial charge in [0, 0.05) is 22.5 Å². The molecule has 0 fully saturated rings. The Bertz CT molecular complexity index is 925. The predicted molar refractivity (Wildman–Crippen MR) is 104 cm³/mol. The SMILES string of the molecule is CC(C)(C)c1cc(NC(=O)Cc2ccc(NC(=O)c3cscn3)cc2)no1. The number of amides is 2. The molecule has 0 spiro atoms. The van der Waals surface area contributed by atoms with Gasteiger partial charge in [0.15, 0.2) is 5.82 Å². The van der Waals surface area contributed by atoms with Crippen molar-refractivity contribution in [3.8, 4) is 0 Å². The Labute approximate surface area is 160 Å². The molecule has 2 aromatic heterocycles. The van der Waals surface area contributed by atoms with Gasteiger partial charge in [-0.1, -0.05) is 38.1 Å². The zero-order valence-electron chi connectivity index (χ0n) is 15.3. The number of nitrogens with one attached hydrogen (secondary N) is 2. The van der Waals surface area contributed by atoms with Crippen LogP contribution in [-0.2, 0) is 16.6 Å². The molecule has 3 rings (SSSR count). The highest BCUT2D eigenvalue weighted by atomic mass is 32.1. The number of thiazole rings is 1. The van der Waals surface area contributed by atoms with E-state index in [1.807, 2.05) is 20.8 Å². The molecule has 8 heteroatoms. The first-order valence-corrected chi connectivity index (χ1v) is 9.31. The van der Waals surface area contributed by atoms with Gasteiger partial charge in [-0.2, -0.15) is 0 Å². The topological polar surface area (TPSA) is 97.1 Å². The number of hydrogen-bond donors (Lipinski definition) is 2. The molecule has 27 heavy (non-hydrogen) atoms. The number of anilines is 2. The first kappa shape index (κ1) is 18.8. The molecule has 0 atom stereocenters. The minimum Gasteiger partial charge on any atom is -0.359 e. The molecule has 0 saturated heterocycles. The summed E-state index contributed by atoms with van der Waals surface area (Å²) in [4.78, 5) is 28.1. The van der Waals surface area contributed by atoms with Gasteiger partial charge in [0.1, 0.15) is 11.5 Å². The number of rotatable bonds is 5. The van der Waals surface area contributed by atoms with E-state index in [-0.39, 0.29) is 23.7 Å². The molecule has 0 bridgehead atoms. The van der Waals surface area contributed by atoms with Crippen molar-refractivity contribution in [3.63, 3.8) is 0 Å². The van der Waals surface area contributed by atoms with Crippen LogP contribution in [0.15, 0.2) is 45.7 Å². The van der Waals surface area contributed by atoms with Crippen LogP contribution < -0.4 is 10.6 Å². The molecule has 0 unspecified atom stereocenters. The van der Waals surface area contributed by atoms with Gasteiger partial charge in [-0.3, -0.25) is 9.59 Å². The fourth-order valence-electron chi connectivity index (χ4n) is 2.29. The Morgan fingerprint density at radius 1 is 1.15 bits per heavy atom. The maximum atomic E-state index is 12.2. The van der Waals surface area contributed by atoms with Gasteiger partial charge in [0.2, 0.25) is 5.91 Å². The summed E-state index contributed by atoms with van der Waals surface area (Å²) in [5.74, 6) is 0.653. The first-order chi connectivity index (χ1) is 12.8. The second kappa shape index (κ2) is 7.71. The largest absolute Gasteiger partial charge is 0.359 e. The highest BCUT2D eigenvalue weighted by molar-refractivity contribution is 7.07. The Morgan fingerprint density at radius 2 is 1.89 bits per heavy atom. The van der Waals surface area contributed by atoms with Crippen LogP contribution in [0.1, 0.15) is 42.6 Å². The second-order valence-electron chi connectivity index (χ2n) is 7.08. The molecule has 140 valence electrons. The number of hydrogen-bond acceptors (Lipinski definition) is 6. The minimum atomic E-state index is -0.262. The Balaban J connectivity index is 1.55. The van der Waals surface area contributed by atoms with Crippen molar-refractivity contribution < 1.29 is 14.1 Å². The van der Waals surface area contributed by atoms with Gasteiger partial charge in [0.05, 0.1) is 11.9 Å². The Hall–Kier alpha value is -3.00. The van der Waals surface area contributed by atoms with Crippen LogP contribution >= 0.6 is 11.3 Å². The summed E-state index contributed by atoms with van der Waals surface area (Å²) in [7, 11) is 0. The molecule has 0 radical (unpaired) electrons. The van der Waals surface area contributed by atoms with Gasteiger partial charge < -0.3 is 15.2 Å². The van der Waals surface area contributed by atoms with E-state index in [0.717, 1.165) is 5.56 Å². The molecule has 7 nitrogen and oxygen atoms in total. The predicted octanol–water partition coefficient (Wildman–Crippen LogP) is 3.86. The zero-order chi connectivity index (χ0) is 19.4. The summed E-state index contributed by atoms with van der Waals surface area (Å²) < 4.78 is 5.25. The van der Waals surface area contributed by atoms with Crippen LogP contribution in [0.3, 0.4) is 0 Å². The summed E-state index contributed by atoms with van der Waals surface area (Å²) in [5, 5.41) is 11.1. The molecule has 2 N–H and O–H groups in total. The quantitative estimate of drug-likeness (QED) is 0.696. The highest BCUT2D eigenvalue weighted by Gasteiger charge is 2.20. The summed E-state index contributed by atoms with van der Waals surface area (Å²) in [6.07, 6.45) is 0.192. The first-order valence-electron chi connectivity index (χ1n) is 8.37. The smallest absolute Gasteiger partial charge is 0.275 e. The molecule has 2 heterocycles. The summed E-state index contributed by atoms with van der Waals surface area (Å²) >= 11 is 1.36. The van der Waals surface area contributed by atoms with Crippen molar-refractivity contribution in [2.45, 2.75) is 32.6 Å². The van der Waals surface area contributed by atoms with Crippen LogP contribution in [-0.4, -0.2) is 22.0 Å². The fourth-order valence-corrected chi connectivity index (χ4v) is 2.82. The lowest BCUT2D eigenvalue weighted by atomic mass is 9.93. The second-order valence-corrected chi connectivity index (χ2v) is 7.79. The fraction of sp³-hybridized carbons (Fsp3) is 0.263. The molecular weight excluding hydrogens is 364 g/mol. The average molecular weight is 384 g/mol. The maximum Gasteiger partial charge on any atom is 0.275 e. The van der Waals surface area contributed by atoms with E-state index >= 15 is 0 Å². The van der Waals surface area contributed by atoms with Crippen LogP contribution in [0.5, 0.6) is 0 Å². The van der Waals surface area contributed by atoms with Crippen LogP contribution in [0.2, 0.25) is 0 Å². The van der Waals surface area contributed by atoms with Crippen molar-refractivity contribution in [1.82, 2.24) is 10.1 Å². The Morgan fingerprint density at radius 3 is 2.48 bits per heavy atom. The molecule has 0 saturated carbocycles. The van der Waals surface area contributed by atoms with Crippen LogP contribution in [0, 0.1) is 0 Å². The molecule has 0 aliphatic carbocycles. The summed E-state index contributed by atoms with van der Waals surface area (Å²) in [5.41, 5.74) is 3.28. The molecule has 1 aromatic carbocycles. The normalized spacial score (nSPS) is 11.2.